The van der Waals surface area contributed by atoms with Crippen LogP contribution in [0.25, 0.3) is 0 Å². The summed E-state index contributed by atoms with van der Waals surface area (Å²) >= 11 is 0. The van der Waals surface area contributed by atoms with Crippen molar-refractivity contribution in [1.29, 1.82) is 0 Å². The predicted octanol–water partition coefficient (Wildman–Crippen LogP) is 9.11. The Kier molecular flexibility index (Phi) is 10.1. The standard InChI is InChI=1S/C40H46F6N2O6/c1-37(2,3)29-13-36(54-34-10-8-24(12-32(34)40(44,45)46)48(17-27-21-51-27)18-28-22-52-28)30(38(4,5)6)14-35(29)53-33-9-7-23(11-31(33)39(41,42)43)47(15-25-19-49-25)16-26-20-50-26/h7-14,25-28H,15-22H2,1-6H3. The van der Waals surface area contributed by atoms with Crippen LogP contribution in [0.1, 0.15) is 63.8 Å². The van der Waals surface area contributed by atoms with E-state index < -0.39 is 45.8 Å². The highest BCUT2D eigenvalue weighted by Gasteiger charge is 2.40. The molecule has 0 N–H and O–H groups in total. The van der Waals surface area contributed by atoms with Gasteiger partial charge < -0.3 is 38.2 Å². The fraction of sp³-hybridized carbons (Fsp3) is 0.550. The van der Waals surface area contributed by atoms with Gasteiger partial charge in [0.1, 0.15) is 34.1 Å². The van der Waals surface area contributed by atoms with Crippen LogP contribution in [0.15, 0.2) is 48.5 Å². The fourth-order valence-electron chi connectivity index (χ4n) is 6.44. The molecule has 0 saturated carbocycles. The number of hydrogen-bond acceptors (Lipinski definition) is 8. The predicted molar refractivity (Wildman–Crippen MR) is 190 cm³/mol. The summed E-state index contributed by atoms with van der Waals surface area (Å²) < 4.78 is 122. The first-order valence-electron chi connectivity index (χ1n) is 18.2. The Morgan fingerprint density at radius 2 is 0.778 bits per heavy atom. The normalized spacial score (nSPS) is 22.1. The van der Waals surface area contributed by atoms with E-state index in [9.17, 15) is 26.3 Å². The molecule has 3 aromatic rings. The molecular formula is C40H46F6N2O6. The van der Waals surface area contributed by atoms with Crippen LogP contribution in [0.4, 0.5) is 37.7 Å². The summed E-state index contributed by atoms with van der Waals surface area (Å²) in [5.74, 6) is -0.523. The first-order chi connectivity index (χ1) is 25.2. The van der Waals surface area contributed by atoms with E-state index in [0.717, 1.165) is 12.1 Å². The lowest BCUT2D eigenvalue weighted by atomic mass is 9.80. The molecular weight excluding hydrogens is 718 g/mol. The zero-order valence-electron chi connectivity index (χ0n) is 31.2. The number of nitrogens with zero attached hydrogens (tertiary/aromatic N) is 2. The molecule has 14 heteroatoms. The number of rotatable bonds is 14. The first kappa shape index (κ1) is 38.6. The maximum Gasteiger partial charge on any atom is 0.420 e. The second-order valence-electron chi connectivity index (χ2n) is 16.5. The van der Waals surface area contributed by atoms with Crippen molar-refractivity contribution in [1.82, 2.24) is 0 Å². The van der Waals surface area contributed by atoms with Crippen LogP contribution in [0.2, 0.25) is 0 Å². The molecule has 4 aliphatic heterocycles. The number of epoxide rings is 4. The number of benzene rings is 3. The molecule has 7 rings (SSSR count). The highest BCUT2D eigenvalue weighted by atomic mass is 19.4. The summed E-state index contributed by atoms with van der Waals surface area (Å²) in [6.45, 7) is 15.0. The molecule has 0 spiro atoms. The highest BCUT2D eigenvalue weighted by molar-refractivity contribution is 5.60. The van der Waals surface area contributed by atoms with Crippen molar-refractivity contribution in [2.45, 2.75) is 89.1 Å². The minimum Gasteiger partial charge on any atom is -0.456 e. The van der Waals surface area contributed by atoms with Crippen molar-refractivity contribution in [3.63, 3.8) is 0 Å². The number of halogens is 6. The van der Waals surface area contributed by atoms with E-state index in [1.165, 1.54) is 12.1 Å². The highest BCUT2D eigenvalue weighted by Crippen LogP contribution is 2.48. The zero-order valence-corrected chi connectivity index (χ0v) is 31.2. The molecule has 0 aromatic heterocycles. The maximum atomic E-state index is 14.7. The summed E-state index contributed by atoms with van der Waals surface area (Å²) in [6, 6.07) is 11.1. The van der Waals surface area contributed by atoms with Gasteiger partial charge in [0.15, 0.2) is 0 Å². The van der Waals surface area contributed by atoms with Gasteiger partial charge in [-0.05, 0) is 59.4 Å². The lowest BCUT2D eigenvalue weighted by Crippen LogP contribution is -2.31. The van der Waals surface area contributed by atoms with Gasteiger partial charge in [-0.3, -0.25) is 0 Å². The summed E-state index contributed by atoms with van der Waals surface area (Å²) in [5, 5.41) is 0. The summed E-state index contributed by atoms with van der Waals surface area (Å²) in [7, 11) is 0. The minimum atomic E-state index is -4.76. The van der Waals surface area contributed by atoms with Crippen LogP contribution in [0.5, 0.6) is 23.0 Å². The van der Waals surface area contributed by atoms with E-state index >= 15 is 0 Å². The van der Waals surface area contributed by atoms with Gasteiger partial charge in [-0.15, -0.1) is 0 Å². The van der Waals surface area contributed by atoms with Gasteiger partial charge in [0, 0.05) is 48.7 Å². The van der Waals surface area contributed by atoms with Gasteiger partial charge in [-0.25, -0.2) is 0 Å². The molecule has 0 amide bonds. The smallest absolute Gasteiger partial charge is 0.420 e. The molecule has 294 valence electrons. The Labute approximate surface area is 311 Å². The summed E-state index contributed by atoms with van der Waals surface area (Å²) in [6.07, 6.45) is -9.72. The van der Waals surface area contributed by atoms with Crippen molar-refractivity contribution in [3.05, 3.63) is 70.8 Å². The first-order valence-corrected chi connectivity index (χ1v) is 18.2. The van der Waals surface area contributed by atoms with Crippen molar-refractivity contribution < 1.29 is 54.8 Å². The molecule has 4 saturated heterocycles. The maximum absolute atomic E-state index is 14.7. The van der Waals surface area contributed by atoms with E-state index in [0.29, 0.717) is 75.1 Å². The van der Waals surface area contributed by atoms with E-state index in [-0.39, 0.29) is 35.9 Å². The van der Waals surface area contributed by atoms with E-state index in [2.05, 4.69) is 0 Å². The van der Waals surface area contributed by atoms with Crippen LogP contribution in [-0.2, 0) is 42.1 Å². The quantitative estimate of drug-likeness (QED) is 0.119. The second-order valence-corrected chi connectivity index (χ2v) is 16.5. The Morgan fingerprint density at radius 1 is 0.481 bits per heavy atom. The van der Waals surface area contributed by atoms with Crippen LogP contribution in [0, 0.1) is 0 Å². The van der Waals surface area contributed by atoms with Crippen LogP contribution >= 0.6 is 0 Å². The zero-order chi connectivity index (χ0) is 38.8. The lowest BCUT2D eigenvalue weighted by molar-refractivity contribution is -0.139. The Bertz CT molecular complexity index is 1680. The third-order valence-corrected chi connectivity index (χ3v) is 9.71. The van der Waals surface area contributed by atoms with Crippen LogP contribution in [-0.4, -0.2) is 77.0 Å². The van der Waals surface area contributed by atoms with Gasteiger partial charge in [0.2, 0.25) is 0 Å². The third kappa shape index (κ3) is 9.55. The van der Waals surface area contributed by atoms with Crippen molar-refractivity contribution in [2.75, 3.05) is 62.4 Å². The topological polar surface area (TPSA) is 75.1 Å². The summed E-state index contributed by atoms with van der Waals surface area (Å²) in [5.41, 5.74) is -1.72. The monoisotopic (exact) mass is 764 g/mol. The van der Waals surface area contributed by atoms with E-state index in [1.807, 2.05) is 51.3 Å². The minimum absolute atomic E-state index is 0.0513. The molecule has 0 radical (unpaired) electrons. The van der Waals surface area contributed by atoms with Gasteiger partial charge >= 0.3 is 12.4 Å². The Balaban J connectivity index is 1.25. The molecule has 0 bridgehead atoms. The fourth-order valence-corrected chi connectivity index (χ4v) is 6.44. The molecule has 8 nitrogen and oxygen atoms in total. The van der Waals surface area contributed by atoms with E-state index in [4.69, 9.17) is 28.4 Å². The van der Waals surface area contributed by atoms with Gasteiger partial charge in [-0.1, -0.05) is 41.5 Å². The average Bonchev–Trinajstić information content (AvgIpc) is 3.86. The lowest BCUT2D eigenvalue weighted by Gasteiger charge is -2.30. The van der Waals surface area contributed by atoms with Gasteiger partial charge in [0.05, 0.1) is 50.8 Å². The average molecular weight is 765 g/mol. The molecule has 54 heavy (non-hydrogen) atoms. The molecule has 0 aliphatic carbocycles. The number of anilines is 2. The van der Waals surface area contributed by atoms with Crippen LogP contribution < -0.4 is 19.3 Å². The Hall–Kier alpha value is -3.72. The van der Waals surface area contributed by atoms with Gasteiger partial charge in [0.25, 0.3) is 0 Å². The molecule has 4 atom stereocenters. The third-order valence-electron chi connectivity index (χ3n) is 9.71. The molecule has 3 aromatic carbocycles. The second kappa shape index (κ2) is 14.1. The number of hydrogen-bond donors (Lipinski definition) is 0. The van der Waals surface area contributed by atoms with Crippen molar-refractivity contribution in [3.8, 4) is 23.0 Å². The van der Waals surface area contributed by atoms with E-state index in [1.54, 1.807) is 24.3 Å². The summed E-state index contributed by atoms with van der Waals surface area (Å²) in [4.78, 5) is 3.67. The van der Waals surface area contributed by atoms with Crippen molar-refractivity contribution >= 4 is 11.4 Å². The Morgan fingerprint density at radius 3 is 1.02 bits per heavy atom. The number of ether oxygens (including phenoxy) is 6. The molecule has 4 heterocycles. The van der Waals surface area contributed by atoms with Gasteiger partial charge in [-0.2, -0.15) is 26.3 Å². The number of alkyl halides is 6. The largest absolute Gasteiger partial charge is 0.456 e. The van der Waals surface area contributed by atoms with Crippen LogP contribution in [0.3, 0.4) is 0 Å². The molecule has 4 unspecified atom stereocenters. The molecule has 4 aliphatic rings. The van der Waals surface area contributed by atoms with Crippen molar-refractivity contribution in [2.24, 2.45) is 0 Å². The molecule has 4 fully saturated rings. The SMILES string of the molecule is CC(C)(C)c1cc(Oc2ccc(N(CC3CO3)CC3CO3)cc2C(F)(F)F)c(C(C)(C)C)cc1Oc1ccc(N(CC2CO2)CC2CO2)cc1C(F)(F)F.